The molecule has 3 aliphatic rings. The molecule has 0 aromatic heterocycles. The SMILES string of the molecule is CC12CC3CC(C(I)I)CC(C1)N32. The Hall–Kier alpha value is 1.42. The Bertz CT molecular complexity index is 225. The molecule has 0 saturated carbocycles. The first-order valence-corrected chi connectivity index (χ1v) is 7.66. The second kappa shape index (κ2) is 2.97. The van der Waals surface area contributed by atoms with Gasteiger partial charge in [-0.05, 0) is 38.5 Å². The molecule has 3 fully saturated rings. The Morgan fingerprint density at radius 2 is 1.77 bits per heavy atom. The molecule has 0 aromatic rings. The molecule has 3 aliphatic heterocycles. The topological polar surface area (TPSA) is 3.24 Å². The minimum absolute atomic E-state index is 0.659. The summed E-state index contributed by atoms with van der Waals surface area (Å²) in [5.74, 6) is 0.997. The van der Waals surface area contributed by atoms with Gasteiger partial charge in [0.2, 0.25) is 0 Å². The fraction of sp³-hybridized carbons (Fsp3) is 1.00. The predicted octanol–water partition coefficient (Wildman–Crippen LogP) is 3.20. The van der Waals surface area contributed by atoms with Crippen LogP contribution in [0.3, 0.4) is 0 Å². The minimum Gasteiger partial charge on any atom is -0.292 e. The quantitative estimate of drug-likeness (QED) is 0.481. The van der Waals surface area contributed by atoms with E-state index in [0.29, 0.717) is 5.54 Å². The average molecular weight is 403 g/mol. The number of nitrogens with zero attached hydrogens (tertiary/aromatic N) is 1. The molecule has 0 aromatic carbocycles. The summed E-state index contributed by atoms with van der Waals surface area (Å²) >= 11 is 5.20. The van der Waals surface area contributed by atoms with Crippen LogP contribution in [-0.2, 0) is 0 Å². The van der Waals surface area contributed by atoms with Gasteiger partial charge in [-0.1, -0.05) is 45.2 Å². The zero-order valence-corrected chi connectivity index (χ0v) is 12.2. The van der Waals surface area contributed by atoms with Crippen molar-refractivity contribution in [1.82, 2.24) is 4.90 Å². The van der Waals surface area contributed by atoms with Crippen molar-refractivity contribution in [2.45, 2.75) is 52.2 Å². The Kier molecular flexibility index (Phi) is 2.20. The first kappa shape index (κ1) is 9.63. The van der Waals surface area contributed by atoms with E-state index in [1.165, 1.54) is 25.7 Å². The van der Waals surface area contributed by atoms with E-state index in [1.54, 1.807) is 0 Å². The third-order valence-electron chi connectivity index (χ3n) is 4.27. The van der Waals surface area contributed by atoms with Gasteiger partial charge in [-0.25, -0.2) is 0 Å². The lowest BCUT2D eigenvalue weighted by Gasteiger charge is -2.73. The second-order valence-corrected chi connectivity index (χ2v) is 10.3. The molecule has 13 heavy (non-hydrogen) atoms. The molecule has 3 saturated heterocycles. The van der Waals surface area contributed by atoms with E-state index >= 15 is 0 Å². The van der Waals surface area contributed by atoms with Gasteiger partial charge < -0.3 is 0 Å². The first-order valence-electron chi connectivity index (χ1n) is 5.17. The van der Waals surface area contributed by atoms with Gasteiger partial charge in [-0.15, -0.1) is 0 Å². The summed E-state index contributed by atoms with van der Waals surface area (Å²) in [6, 6.07) is 1.93. The van der Waals surface area contributed by atoms with E-state index in [9.17, 15) is 0 Å². The fourth-order valence-electron chi connectivity index (χ4n) is 3.86. The van der Waals surface area contributed by atoms with Crippen molar-refractivity contribution in [3.63, 3.8) is 0 Å². The number of piperidine rings is 2. The van der Waals surface area contributed by atoms with Gasteiger partial charge in [-0.2, -0.15) is 0 Å². The molecule has 3 rings (SSSR count). The van der Waals surface area contributed by atoms with E-state index in [2.05, 4.69) is 57.0 Å². The molecular weight excluding hydrogens is 388 g/mol. The normalized spacial score (nSPS) is 54.0. The van der Waals surface area contributed by atoms with Gasteiger partial charge in [0.05, 0.1) is 1.93 Å². The van der Waals surface area contributed by atoms with Crippen molar-refractivity contribution in [3.05, 3.63) is 0 Å². The zero-order chi connectivity index (χ0) is 9.22. The molecule has 3 heteroatoms. The standard InChI is InChI=1S/C10H15I2N/c1-10-4-7-2-6(9(11)12)3-8(5-10)13(7)10/h6-9H,2-5H2,1H3. The molecule has 3 heterocycles. The largest absolute Gasteiger partial charge is 0.292 e. The van der Waals surface area contributed by atoms with Gasteiger partial charge in [0.25, 0.3) is 0 Å². The summed E-state index contributed by atoms with van der Waals surface area (Å²) < 4.78 is 0.852. The maximum absolute atomic E-state index is 2.80. The molecule has 0 radical (unpaired) electrons. The Morgan fingerprint density at radius 1 is 1.23 bits per heavy atom. The molecule has 0 aliphatic carbocycles. The van der Waals surface area contributed by atoms with Crippen LogP contribution < -0.4 is 0 Å². The smallest absolute Gasteiger partial charge is 0.0655 e. The van der Waals surface area contributed by atoms with E-state index in [0.717, 1.165) is 19.9 Å². The third-order valence-corrected chi connectivity index (χ3v) is 6.30. The predicted molar refractivity (Wildman–Crippen MR) is 71.6 cm³/mol. The number of hydrogen-bond acceptors (Lipinski definition) is 1. The van der Waals surface area contributed by atoms with Crippen LogP contribution in [-0.4, -0.2) is 24.5 Å². The van der Waals surface area contributed by atoms with Gasteiger partial charge in [0.15, 0.2) is 0 Å². The molecule has 0 spiro atoms. The van der Waals surface area contributed by atoms with E-state index < -0.39 is 0 Å². The Labute approximate surface area is 107 Å². The number of rotatable bonds is 1. The monoisotopic (exact) mass is 403 g/mol. The molecule has 0 N–H and O–H groups in total. The van der Waals surface area contributed by atoms with Crippen LogP contribution in [0, 0.1) is 5.92 Å². The minimum atomic E-state index is 0.659. The van der Waals surface area contributed by atoms with E-state index in [1.807, 2.05) is 0 Å². The highest BCUT2D eigenvalue weighted by atomic mass is 127. The maximum atomic E-state index is 2.80. The van der Waals surface area contributed by atoms with Crippen LogP contribution in [0.5, 0.6) is 0 Å². The van der Waals surface area contributed by atoms with Crippen LogP contribution in [0.15, 0.2) is 0 Å². The van der Waals surface area contributed by atoms with Crippen molar-refractivity contribution < 1.29 is 0 Å². The maximum Gasteiger partial charge on any atom is 0.0655 e. The summed E-state index contributed by atoms with van der Waals surface area (Å²) in [6.07, 6.45) is 5.92. The van der Waals surface area contributed by atoms with Crippen molar-refractivity contribution in [1.29, 1.82) is 0 Å². The fourth-order valence-corrected chi connectivity index (χ4v) is 5.03. The van der Waals surface area contributed by atoms with E-state index in [4.69, 9.17) is 0 Å². The van der Waals surface area contributed by atoms with Crippen LogP contribution >= 0.6 is 45.2 Å². The number of alkyl halides is 2. The van der Waals surface area contributed by atoms with Gasteiger partial charge in [0, 0.05) is 17.6 Å². The van der Waals surface area contributed by atoms with Crippen LogP contribution in [0.25, 0.3) is 0 Å². The summed E-state index contributed by atoms with van der Waals surface area (Å²) in [4.78, 5) is 2.80. The summed E-state index contributed by atoms with van der Waals surface area (Å²) in [7, 11) is 0. The van der Waals surface area contributed by atoms with Crippen LogP contribution in [0.1, 0.15) is 32.6 Å². The molecule has 0 amide bonds. The van der Waals surface area contributed by atoms with Crippen molar-refractivity contribution in [3.8, 4) is 0 Å². The van der Waals surface area contributed by atoms with Crippen LogP contribution in [0.2, 0.25) is 0 Å². The Balaban J connectivity index is 1.73. The summed E-state index contributed by atoms with van der Waals surface area (Å²) in [5.41, 5.74) is 0.659. The highest BCUT2D eigenvalue weighted by Crippen LogP contribution is 2.58. The lowest BCUT2D eigenvalue weighted by atomic mass is 9.59. The average Bonchev–Trinajstić information content (AvgIpc) is 1.98. The molecule has 74 valence electrons. The lowest BCUT2D eigenvalue weighted by Crippen LogP contribution is -2.79. The van der Waals surface area contributed by atoms with Crippen LogP contribution in [0.4, 0.5) is 0 Å². The molecule has 1 nitrogen and oxygen atoms in total. The van der Waals surface area contributed by atoms with E-state index in [-0.39, 0.29) is 0 Å². The highest BCUT2D eigenvalue weighted by Gasteiger charge is 2.62. The lowest BCUT2D eigenvalue weighted by molar-refractivity contribution is -0.217. The molecular formula is C10H15I2N. The van der Waals surface area contributed by atoms with Gasteiger partial charge in [0.1, 0.15) is 0 Å². The molecule has 2 unspecified atom stereocenters. The van der Waals surface area contributed by atoms with Crippen molar-refractivity contribution >= 4 is 45.2 Å². The van der Waals surface area contributed by atoms with Gasteiger partial charge >= 0.3 is 0 Å². The zero-order valence-electron chi connectivity index (χ0n) is 7.84. The Morgan fingerprint density at radius 3 is 2.15 bits per heavy atom. The van der Waals surface area contributed by atoms with Crippen molar-refractivity contribution in [2.24, 2.45) is 5.92 Å². The van der Waals surface area contributed by atoms with Gasteiger partial charge in [-0.3, -0.25) is 4.90 Å². The highest BCUT2D eigenvalue weighted by molar-refractivity contribution is 14.2. The second-order valence-electron chi connectivity index (χ2n) is 5.19. The molecule has 2 atom stereocenters. The number of hydrogen-bond donors (Lipinski definition) is 0. The first-order chi connectivity index (χ1) is 6.10. The summed E-state index contributed by atoms with van der Waals surface area (Å²) in [6.45, 7) is 2.45. The summed E-state index contributed by atoms with van der Waals surface area (Å²) in [5, 5.41) is 0. The number of halogens is 2. The van der Waals surface area contributed by atoms with Crippen molar-refractivity contribution in [2.75, 3.05) is 0 Å². The third kappa shape index (κ3) is 1.25. The molecule has 0 bridgehead atoms.